The molecule has 3 heteroatoms. The zero-order valence-corrected chi connectivity index (χ0v) is 21.4. The van der Waals surface area contributed by atoms with Crippen molar-refractivity contribution in [3.05, 3.63) is 24.3 Å². The van der Waals surface area contributed by atoms with Gasteiger partial charge in [0.05, 0.1) is 12.5 Å². The van der Waals surface area contributed by atoms with E-state index in [-0.39, 0.29) is 11.9 Å². The lowest BCUT2D eigenvalue weighted by Gasteiger charge is -2.37. The van der Waals surface area contributed by atoms with Crippen molar-refractivity contribution in [1.29, 1.82) is 0 Å². The Morgan fingerprint density at radius 3 is 1.94 bits per heavy atom. The van der Waals surface area contributed by atoms with Gasteiger partial charge < -0.3 is 9.47 Å². The molecule has 0 bridgehead atoms. The number of hydrogen-bond acceptors (Lipinski definition) is 3. The van der Waals surface area contributed by atoms with E-state index in [1.165, 1.54) is 83.5 Å². The van der Waals surface area contributed by atoms with Gasteiger partial charge in [-0.25, -0.2) is 0 Å². The van der Waals surface area contributed by atoms with E-state index in [9.17, 15) is 4.79 Å². The summed E-state index contributed by atoms with van der Waals surface area (Å²) >= 11 is 0. The Labute approximate surface area is 203 Å². The van der Waals surface area contributed by atoms with Crippen molar-refractivity contribution >= 4 is 5.97 Å². The van der Waals surface area contributed by atoms with Crippen molar-refractivity contribution in [2.75, 3.05) is 6.61 Å². The third-order valence-corrected chi connectivity index (χ3v) is 8.14. The van der Waals surface area contributed by atoms with Crippen LogP contribution in [0.4, 0.5) is 0 Å². The van der Waals surface area contributed by atoms with Gasteiger partial charge in [-0.2, -0.15) is 0 Å². The monoisotopic (exact) mass is 456 g/mol. The van der Waals surface area contributed by atoms with E-state index in [1.54, 1.807) is 0 Å². The maximum Gasteiger partial charge on any atom is 0.314 e. The van der Waals surface area contributed by atoms with Crippen LogP contribution in [0.3, 0.4) is 0 Å². The molecule has 33 heavy (non-hydrogen) atoms. The van der Waals surface area contributed by atoms with E-state index >= 15 is 0 Å². The molecule has 0 atom stereocenters. The molecule has 1 aromatic rings. The van der Waals surface area contributed by atoms with E-state index in [0.29, 0.717) is 12.4 Å². The molecular weight excluding hydrogens is 408 g/mol. The fourth-order valence-electron chi connectivity index (χ4n) is 6.01. The minimum absolute atomic E-state index is 0.0432. The minimum Gasteiger partial charge on any atom is -0.494 e. The van der Waals surface area contributed by atoms with Gasteiger partial charge in [0.25, 0.3) is 0 Å². The fraction of sp³-hybridized carbons (Fsp3) is 0.767. The van der Waals surface area contributed by atoms with Gasteiger partial charge in [0.15, 0.2) is 0 Å². The molecule has 0 aliphatic heterocycles. The smallest absolute Gasteiger partial charge is 0.314 e. The first kappa shape index (κ1) is 26.1. The van der Waals surface area contributed by atoms with E-state index in [4.69, 9.17) is 9.47 Å². The summed E-state index contributed by atoms with van der Waals surface area (Å²) in [7, 11) is 0. The zero-order valence-electron chi connectivity index (χ0n) is 21.4. The molecule has 2 fully saturated rings. The summed E-state index contributed by atoms with van der Waals surface area (Å²) in [5.74, 6) is 4.21. The second-order valence-corrected chi connectivity index (χ2v) is 10.7. The number of rotatable bonds is 13. The highest BCUT2D eigenvalue weighted by atomic mass is 16.5. The average Bonchev–Trinajstić information content (AvgIpc) is 2.86. The van der Waals surface area contributed by atoms with Gasteiger partial charge >= 0.3 is 5.97 Å². The van der Waals surface area contributed by atoms with Crippen LogP contribution in [0.2, 0.25) is 0 Å². The zero-order chi connectivity index (χ0) is 23.3. The largest absolute Gasteiger partial charge is 0.494 e. The molecule has 0 amide bonds. The van der Waals surface area contributed by atoms with Gasteiger partial charge in [-0.15, -0.1) is 0 Å². The lowest BCUT2D eigenvalue weighted by atomic mass is 9.68. The van der Waals surface area contributed by atoms with Crippen LogP contribution in [0.15, 0.2) is 24.3 Å². The first-order chi connectivity index (χ1) is 16.2. The molecule has 3 nitrogen and oxygen atoms in total. The van der Waals surface area contributed by atoms with E-state index < -0.39 is 0 Å². The topological polar surface area (TPSA) is 35.5 Å². The number of hydrogen-bond donors (Lipinski definition) is 0. The van der Waals surface area contributed by atoms with Crippen LogP contribution in [0.5, 0.6) is 11.5 Å². The van der Waals surface area contributed by atoms with Gasteiger partial charge in [0.2, 0.25) is 0 Å². The molecule has 186 valence electrons. The van der Waals surface area contributed by atoms with Gasteiger partial charge in [0.1, 0.15) is 11.5 Å². The average molecular weight is 457 g/mol. The molecule has 0 spiro atoms. The van der Waals surface area contributed by atoms with Crippen LogP contribution in [-0.4, -0.2) is 12.6 Å². The summed E-state index contributed by atoms with van der Waals surface area (Å²) in [5, 5.41) is 0. The van der Waals surface area contributed by atoms with Crippen molar-refractivity contribution in [3.63, 3.8) is 0 Å². The molecule has 2 aliphatic rings. The molecule has 0 heterocycles. The molecule has 2 aliphatic carbocycles. The quantitative estimate of drug-likeness (QED) is 0.169. The number of carbonyl (C=O) groups is 1. The van der Waals surface area contributed by atoms with Gasteiger partial charge in [-0.1, -0.05) is 71.6 Å². The normalized spacial score (nSPS) is 25.5. The number of esters is 1. The highest BCUT2D eigenvalue weighted by molar-refractivity contribution is 5.75. The summed E-state index contributed by atoms with van der Waals surface area (Å²) in [4.78, 5) is 12.7. The second-order valence-electron chi connectivity index (χ2n) is 10.7. The van der Waals surface area contributed by atoms with Crippen LogP contribution in [0.25, 0.3) is 0 Å². The molecule has 0 saturated heterocycles. The van der Waals surface area contributed by atoms with Crippen molar-refractivity contribution in [2.45, 2.75) is 117 Å². The first-order valence-electron chi connectivity index (χ1n) is 14.1. The Kier molecular flexibility index (Phi) is 11.6. The SMILES string of the molecule is CCCCCCCCC1CCC(C2CCC(C(=O)Oc3ccc(OCCC)cc3)CC2)CC1. The third kappa shape index (κ3) is 8.98. The molecule has 1 aromatic carbocycles. The molecule has 0 N–H and O–H groups in total. The predicted octanol–water partition coefficient (Wildman–Crippen LogP) is 8.74. The van der Waals surface area contributed by atoms with Crippen molar-refractivity contribution in [2.24, 2.45) is 23.7 Å². The van der Waals surface area contributed by atoms with Crippen LogP contribution >= 0.6 is 0 Å². The van der Waals surface area contributed by atoms with Crippen molar-refractivity contribution in [1.82, 2.24) is 0 Å². The highest BCUT2D eigenvalue weighted by Gasteiger charge is 2.33. The van der Waals surface area contributed by atoms with Crippen LogP contribution < -0.4 is 9.47 Å². The lowest BCUT2D eigenvalue weighted by molar-refractivity contribution is -0.140. The Morgan fingerprint density at radius 2 is 1.30 bits per heavy atom. The summed E-state index contributed by atoms with van der Waals surface area (Å²) in [6.07, 6.45) is 21.1. The fourth-order valence-corrected chi connectivity index (χ4v) is 6.01. The maximum absolute atomic E-state index is 12.7. The Hall–Kier alpha value is -1.51. The van der Waals surface area contributed by atoms with Gasteiger partial charge in [-0.3, -0.25) is 4.79 Å². The Balaban J connectivity index is 1.30. The molecule has 2 saturated carbocycles. The second kappa shape index (κ2) is 14.7. The molecule has 0 radical (unpaired) electrons. The third-order valence-electron chi connectivity index (χ3n) is 8.14. The lowest BCUT2D eigenvalue weighted by Crippen LogP contribution is -2.30. The van der Waals surface area contributed by atoms with Gasteiger partial charge in [0, 0.05) is 0 Å². The number of benzene rings is 1. The van der Waals surface area contributed by atoms with Crippen LogP contribution in [-0.2, 0) is 4.79 Å². The van der Waals surface area contributed by atoms with Gasteiger partial charge in [-0.05, 0) is 87.0 Å². The van der Waals surface area contributed by atoms with Crippen molar-refractivity contribution < 1.29 is 14.3 Å². The van der Waals surface area contributed by atoms with E-state index in [2.05, 4.69) is 13.8 Å². The number of carbonyl (C=O) groups excluding carboxylic acids is 1. The Morgan fingerprint density at radius 1 is 0.727 bits per heavy atom. The maximum atomic E-state index is 12.7. The summed E-state index contributed by atoms with van der Waals surface area (Å²) in [5.41, 5.74) is 0. The summed E-state index contributed by atoms with van der Waals surface area (Å²) < 4.78 is 11.3. The predicted molar refractivity (Wildman–Crippen MR) is 137 cm³/mol. The highest BCUT2D eigenvalue weighted by Crippen LogP contribution is 2.42. The summed E-state index contributed by atoms with van der Waals surface area (Å²) in [6.45, 7) is 5.09. The molecule has 0 unspecified atom stereocenters. The molecule has 3 rings (SSSR count). The standard InChI is InChI=1S/C30H48O3/c1-3-5-6-7-8-9-10-24-11-13-25(14-12-24)26-15-17-27(18-16-26)30(31)33-29-21-19-28(20-22-29)32-23-4-2/h19-22,24-27H,3-18,23H2,1-2H3. The molecular formula is C30H48O3. The Bertz CT molecular complexity index is 652. The summed E-state index contributed by atoms with van der Waals surface area (Å²) in [6, 6.07) is 7.46. The van der Waals surface area contributed by atoms with Crippen LogP contribution in [0, 0.1) is 23.7 Å². The van der Waals surface area contributed by atoms with E-state index in [0.717, 1.165) is 42.8 Å². The van der Waals surface area contributed by atoms with Crippen LogP contribution in [0.1, 0.15) is 117 Å². The van der Waals surface area contributed by atoms with Crippen molar-refractivity contribution in [3.8, 4) is 11.5 Å². The number of ether oxygens (including phenoxy) is 2. The van der Waals surface area contributed by atoms with E-state index in [1.807, 2.05) is 24.3 Å². The minimum atomic E-state index is -0.0432. The molecule has 0 aromatic heterocycles. The number of unbranched alkanes of at least 4 members (excludes halogenated alkanes) is 5. The first-order valence-corrected chi connectivity index (χ1v) is 14.1.